The average molecular weight is 605 g/mol. The molecule has 0 spiro atoms. The summed E-state index contributed by atoms with van der Waals surface area (Å²) in [6.07, 6.45) is -3.77. The van der Waals surface area contributed by atoms with Crippen LogP contribution in [0, 0.1) is 0 Å². The first kappa shape index (κ1) is 34.4. The maximum Gasteiger partial charge on any atom is 0.305 e. The van der Waals surface area contributed by atoms with Gasteiger partial charge in [-0.2, -0.15) is 0 Å². The zero-order valence-electron chi connectivity index (χ0n) is 24.2. The average Bonchev–Trinajstić information content (AvgIpc) is 2.87. The van der Waals surface area contributed by atoms with Gasteiger partial charge in [-0.05, 0) is 34.1 Å². The van der Waals surface area contributed by atoms with Crippen LogP contribution in [0.15, 0.2) is 0 Å². The van der Waals surface area contributed by atoms with Crippen molar-refractivity contribution < 1.29 is 52.5 Å². The molecule has 2 aliphatic rings. The number of rotatable bonds is 12. The van der Waals surface area contributed by atoms with Crippen LogP contribution in [0.2, 0.25) is 0 Å². The molecule has 2 aliphatic heterocycles. The third-order valence-electron chi connectivity index (χ3n) is 6.32. The van der Waals surface area contributed by atoms with Crippen molar-refractivity contribution in [1.29, 1.82) is 0 Å². The van der Waals surface area contributed by atoms with Crippen molar-refractivity contribution in [3.05, 3.63) is 0 Å². The van der Waals surface area contributed by atoms with Gasteiger partial charge in [-0.3, -0.25) is 28.8 Å². The van der Waals surface area contributed by atoms with Crippen LogP contribution < -0.4 is 21.7 Å². The van der Waals surface area contributed by atoms with E-state index < -0.39 is 83.4 Å². The second kappa shape index (κ2) is 14.9. The molecule has 16 heteroatoms. The van der Waals surface area contributed by atoms with E-state index in [1.165, 1.54) is 34.8 Å². The van der Waals surface area contributed by atoms with E-state index in [4.69, 9.17) is 24.7 Å². The highest BCUT2D eigenvalue weighted by molar-refractivity contribution is 8.14. The van der Waals surface area contributed by atoms with Gasteiger partial charge in [-0.15, -0.1) is 0 Å². The Hall–Kier alpha value is -2.79. The standard InChI is InChI=1S/C25H40N4O11S/c1-11(22(34)29-15(21(26)33)8-9-17(32)36-7)27-23(35)12(2)38-20-18(28-13(3)30)24(41-14(4)31)39-16-10-37-25(5,6)40-19(16)20/h11-12,15-16,18-20,24H,8-10H2,1-7H3,(H2,26,33)(H,27,35)(H,28,30)(H,29,34)/t11-,12+,15+,16+,18+,19+,20+,24-/m0/s1. The summed E-state index contributed by atoms with van der Waals surface area (Å²) in [6.45, 7) is 9.03. The Kier molecular flexibility index (Phi) is 12.5. The van der Waals surface area contributed by atoms with Crippen LogP contribution >= 0.6 is 11.8 Å². The van der Waals surface area contributed by atoms with E-state index >= 15 is 0 Å². The lowest BCUT2D eigenvalue weighted by Crippen LogP contribution is -2.68. The number of carbonyl (C=O) groups excluding carboxylic acids is 6. The number of ether oxygens (including phenoxy) is 5. The smallest absolute Gasteiger partial charge is 0.305 e. The van der Waals surface area contributed by atoms with Crippen LogP contribution in [-0.4, -0.2) is 102 Å². The Morgan fingerprint density at radius 2 is 1.73 bits per heavy atom. The number of amides is 4. The van der Waals surface area contributed by atoms with Crippen LogP contribution in [0.25, 0.3) is 0 Å². The predicted molar refractivity (Wildman–Crippen MR) is 144 cm³/mol. The number of methoxy groups -OCH3 is 1. The van der Waals surface area contributed by atoms with E-state index in [0.717, 1.165) is 11.8 Å². The van der Waals surface area contributed by atoms with Crippen molar-refractivity contribution in [1.82, 2.24) is 16.0 Å². The molecule has 8 atom stereocenters. The van der Waals surface area contributed by atoms with E-state index in [9.17, 15) is 28.8 Å². The highest BCUT2D eigenvalue weighted by atomic mass is 32.2. The van der Waals surface area contributed by atoms with E-state index in [2.05, 4.69) is 20.7 Å². The molecule has 0 aliphatic carbocycles. The fraction of sp³-hybridized carbons (Fsp3) is 0.760. The van der Waals surface area contributed by atoms with Gasteiger partial charge in [-0.1, -0.05) is 11.8 Å². The fourth-order valence-corrected chi connectivity index (χ4v) is 5.17. The van der Waals surface area contributed by atoms with E-state index in [1.807, 2.05) is 0 Å². The van der Waals surface area contributed by atoms with E-state index in [0.29, 0.717) is 0 Å². The minimum absolute atomic E-state index is 0.0791. The molecule has 0 saturated carbocycles. The Labute approximate surface area is 242 Å². The number of hydrogen-bond donors (Lipinski definition) is 4. The maximum absolute atomic E-state index is 13.1. The van der Waals surface area contributed by atoms with Crippen LogP contribution in [0.3, 0.4) is 0 Å². The minimum Gasteiger partial charge on any atom is -0.469 e. The third-order valence-corrected chi connectivity index (χ3v) is 7.29. The normalized spacial score (nSPS) is 27.2. The summed E-state index contributed by atoms with van der Waals surface area (Å²) in [6, 6.07) is -3.14. The number of fused-ring (bicyclic) bond motifs is 1. The van der Waals surface area contributed by atoms with E-state index in [1.54, 1.807) is 13.8 Å². The molecular formula is C25H40N4O11S. The van der Waals surface area contributed by atoms with Gasteiger partial charge in [-0.25, -0.2) is 0 Å². The Bertz CT molecular complexity index is 1010. The molecule has 232 valence electrons. The summed E-state index contributed by atoms with van der Waals surface area (Å²) in [5, 5.41) is 7.42. The number of hydrogen-bond acceptors (Lipinski definition) is 12. The molecule has 0 unspecified atom stereocenters. The molecule has 0 radical (unpaired) electrons. The largest absolute Gasteiger partial charge is 0.469 e. The quantitative estimate of drug-likeness (QED) is 0.195. The van der Waals surface area contributed by atoms with Gasteiger partial charge in [0.05, 0.1) is 19.8 Å². The molecule has 0 bridgehead atoms. The van der Waals surface area contributed by atoms with Crippen molar-refractivity contribution in [3.63, 3.8) is 0 Å². The third kappa shape index (κ3) is 10.2. The van der Waals surface area contributed by atoms with Crippen LogP contribution in [0.4, 0.5) is 0 Å². The zero-order chi connectivity index (χ0) is 31.1. The SMILES string of the molecule is COC(=O)CC[C@@H](NC(=O)[C@H](C)NC(=O)[C@@H](C)O[C@@H]1[C@@H](NC(C)=O)[C@H](SC(C)=O)O[C@@H]2COC(C)(C)O[C@@H]12)C(N)=O. The predicted octanol–water partition coefficient (Wildman–Crippen LogP) is -1.15. The molecule has 2 rings (SSSR count). The Morgan fingerprint density at radius 3 is 2.29 bits per heavy atom. The van der Waals surface area contributed by atoms with Crippen molar-refractivity contribution in [2.24, 2.45) is 5.73 Å². The molecule has 4 amide bonds. The summed E-state index contributed by atoms with van der Waals surface area (Å²) in [5.74, 6) is -4.25. The van der Waals surface area contributed by atoms with Crippen LogP contribution in [0.1, 0.15) is 54.4 Å². The van der Waals surface area contributed by atoms with Gasteiger partial charge < -0.3 is 45.4 Å². The minimum atomic E-state index is -1.16. The van der Waals surface area contributed by atoms with Gasteiger partial charge in [0.25, 0.3) is 0 Å². The Morgan fingerprint density at radius 1 is 1.07 bits per heavy atom. The second-order valence-electron chi connectivity index (χ2n) is 10.2. The zero-order valence-corrected chi connectivity index (χ0v) is 25.0. The number of nitrogens with one attached hydrogen (secondary N) is 3. The first-order chi connectivity index (χ1) is 19.0. The summed E-state index contributed by atoms with van der Waals surface area (Å²) in [7, 11) is 1.19. The number of nitrogens with two attached hydrogens (primary N) is 1. The second-order valence-corrected chi connectivity index (χ2v) is 11.5. The molecule has 0 aromatic rings. The summed E-state index contributed by atoms with van der Waals surface area (Å²) < 4.78 is 28.5. The first-order valence-corrected chi connectivity index (χ1v) is 14.0. The monoisotopic (exact) mass is 604 g/mol. The molecule has 2 saturated heterocycles. The topological polar surface area (TPSA) is 211 Å². The molecule has 0 aromatic heterocycles. The van der Waals surface area contributed by atoms with Crippen molar-refractivity contribution in [2.75, 3.05) is 13.7 Å². The van der Waals surface area contributed by atoms with E-state index in [-0.39, 0.29) is 24.6 Å². The summed E-state index contributed by atoms with van der Waals surface area (Å²) in [5.41, 5.74) is 4.48. The molecule has 0 aromatic carbocycles. The highest BCUT2D eigenvalue weighted by Gasteiger charge is 2.53. The first-order valence-electron chi connectivity index (χ1n) is 13.1. The van der Waals surface area contributed by atoms with Gasteiger partial charge in [0.1, 0.15) is 41.9 Å². The van der Waals surface area contributed by atoms with Crippen molar-refractivity contribution in [2.45, 2.75) is 108 Å². The maximum atomic E-state index is 13.1. The van der Waals surface area contributed by atoms with Gasteiger partial charge >= 0.3 is 5.97 Å². The molecule has 2 heterocycles. The van der Waals surface area contributed by atoms with Crippen LogP contribution in [-0.2, 0) is 52.5 Å². The van der Waals surface area contributed by atoms with Crippen LogP contribution in [0.5, 0.6) is 0 Å². The summed E-state index contributed by atoms with van der Waals surface area (Å²) >= 11 is 0.863. The molecule has 41 heavy (non-hydrogen) atoms. The lowest BCUT2D eigenvalue weighted by molar-refractivity contribution is -0.346. The van der Waals surface area contributed by atoms with Gasteiger partial charge in [0.15, 0.2) is 10.9 Å². The van der Waals surface area contributed by atoms with Crippen molar-refractivity contribution in [3.8, 4) is 0 Å². The molecule has 15 nitrogen and oxygen atoms in total. The molecule has 5 N–H and O–H groups in total. The Balaban J connectivity index is 2.16. The lowest BCUT2D eigenvalue weighted by Gasteiger charge is -2.51. The number of carbonyl (C=O) groups is 6. The number of esters is 1. The molecule has 2 fully saturated rings. The van der Waals surface area contributed by atoms with Gasteiger partial charge in [0.2, 0.25) is 23.6 Å². The fourth-order valence-electron chi connectivity index (χ4n) is 4.28. The van der Waals surface area contributed by atoms with Gasteiger partial charge in [0, 0.05) is 20.3 Å². The van der Waals surface area contributed by atoms with Crippen molar-refractivity contribution >= 4 is 46.5 Å². The lowest BCUT2D eigenvalue weighted by atomic mass is 9.95. The number of thioether (sulfide) groups is 1. The highest BCUT2D eigenvalue weighted by Crippen LogP contribution is 2.37. The number of primary amides is 1. The molecular weight excluding hydrogens is 564 g/mol. The summed E-state index contributed by atoms with van der Waals surface area (Å²) in [4.78, 5) is 72.9.